The summed E-state index contributed by atoms with van der Waals surface area (Å²) in [5, 5.41) is 0. The van der Waals surface area contributed by atoms with Crippen LogP contribution < -0.4 is 14.2 Å². The van der Waals surface area contributed by atoms with E-state index in [2.05, 4.69) is 71.8 Å². The standard InChI is InChI=1S/C31H34N4O3/c1-22-25(24-12-13-28-29(18-24)38-21-37-28)10-7-11-27(22)36-20-30-32-31(23-8-5-4-6-9-23)26(34(30)3)19-35-16-14-33(2)15-17-35/h4-13,18H,14-17,19-21H2,1-3H3. The maximum Gasteiger partial charge on any atom is 0.231 e. The molecule has 38 heavy (non-hydrogen) atoms. The number of hydrogen-bond acceptors (Lipinski definition) is 6. The summed E-state index contributed by atoms with van der Waals surface area (Å²) in [5.74, 6) is 3.34. The lowest BCUT2D eigenvalue weighted by atomic mass is 9.99. The Morgan fingerprint density at radius 1 is 0.842 bits per heavy atom. The highest BCUT2D eigenvalue weighted by Crippen LogP contribution is 2.38. The second-order valence-electron chi connectivity index (χ2n) is 10.1. The van der Waals surface area contributed by atoms with Crippen molar-refractivity contribution in [3.63, 3.8) is 0 Å². The van der Waals surface area contributed by atoms with E-state index in [1.165, 1.54) is 5.69 Å². The number of likely N-dealkylation sites (N-methyl/N-ethyl adjacent to an activating group) is 1. The van der Waals surface area contributed by atoms with E-state index in [9.17, 15) is 0 Å². The van der Waals surface area contributed by atoms with Crippen LogP contribution >= 0.6 is 0 Å². The minimum absolute atomic E-state index is 0.270. The van der Waals surface area contributed by atoms with Crippen LogP contribution in [0.4, 0.5) is 0 Å². The minimum Gasteiger partial charge on any atom is -0.485 e. The van der Waals surface area contributed by atoms with Crippen molar-refractivity contribution in [1.82, 2.24) is 19.4 Å². The number of aromatic nitrogens is 2. The maximum absolute atomic E-state index is 6.41. The lowest BCUT2D eigenvalue weighted by molar-refractivity contribution is 0.146. The fourth-order valence-corrected chi connectivity index (χ4v) is 5.23. The van der Waals surface area contributed by atoms with Crippen molar-refractivity contribution in [2.24, 2.45) is 7.05 Å². The quantitative estimate of drug-likeness (QED) is 0.344. The highest BCUT2D eigenvalue weighted by atomic mass is 16.7. The zero-order chi connectivity index (χ0) is 26.1. The Morgan fingerprint density at radius 3 is 2.45 bits per heavy atom. The van der Waals surface area contributed by atoms with Crippen LogP contribution in [0.2, 0.25) is 0 Å². The second-order valence-corrected chi connectivity index (χ2v) is 10.1. The van der Waals surface area contributed by atoms with Crippen LogP contribution in [0, 0.1) is 6.92 Å². The largest absolute Gasteiger partial charge is 0.485 e. The third kappa shape index (κ3) is 4.87. The van der Waals surface area contributed by atoms with Gasteiger partial charge in [0.25, 0.3) is 0 Å². The van der Waals surface area contributed by atoms with Crippen LogP contribution in [-0.2, 0) is 20.2 Å². The number of benzene rings is 3. The molecule has 0 unspecified atom stereocenters. The summed E-state index contributed by atoms with van der Waals surface area (Å²) < 4.78 is 19.7. The van der Waals surface area contributed by atoms with Gasteiger partial charge in [-0.25, -0.2) is 4.98 Å². The average molecular weight is 511 g/mol. The van der Waals surface area contributed by atoms with Gasteiger partial charge in [-0.05, 0) is 48.9 Å². The molecule has 0 radical (unpaired) electrons. The number of nitrogens with zero attached hydrogens (tertiary/aromatic N) is 4. The number of rotatable bonds is 7. The van der Waals surface area contributed by atoms with Gasteiger partial charge in [0.1, 0.15) is 18.2 Å². The monoisotopic (exact) mass is 510 g/mol. The molecular formula is C31H34N4O3. The first-order valence-electron chi connectivity index (χ1n) is 13.2. The molecule has 6 rings (SSSR count). The van der Waals surface area contributed by atoms with E-state index in [1.54, 1.807) is 0 Å². The van der Waals surface area contributed by atoms with Gasteiger partial charge in [0.05, 0.1) is 11.4 Å². The molecular weight excluding hydrogens is 476 g/mol. The molecule has 0 N–H and O–H groups in total. The molecule has 1 saturated heterocycles. The van der Waals surface area contributed by atoms with Crippen LogP contribution in [0.25, 0.3) is 22.4 Å². The van der Waals surface area contributed by atoms with E-state index in [4.69, 9.17) is 19.2 Å². The van der Waals surface area contributed by atoms with E-state index in [-0.39, 0.29) is 6.79 Å². The summed E-state index contributed by atoms with van der Waals surface area (Å²) in [6.45, 7) is 7.95. The van der Waals surface area contributed by atoms with E-state index in [0.717, 1.165) is 83.7 Å². The summed E-state index contributed by atoms with van der Waals surface area (Å²) >= 11 is 0. The van der Waals surface area contributed by atoms with Gasteiger partial charge < -0.3 is 23.7 Å². The van der Waals surface area contributed by atoms with Crippen LogP contribution in [0.3, 0.4) is 0 Å². The summed E-state index contributed by atoms with van der Waals surface area (Å²) in [5.41, 5.74) is 6.68. The Bertz CT molecular complexity index is 1420. The Morgan fingerprint density at radius 2 is 1.63 bits per heavy atom. The third-order valence-corrected chi connectivity index (χ3v) is 7.65. The number of fused-ring (bicyclic) bond motifs is 1. The van der Waals surface area contributed by atoms with Gasteiger partial charge in [0, 0.05) is 45.3 Å². The molecule has 0 spiro atoms. The second kappa shape index (κ2) is 10.5. The van der Waals surface area contributed by atoms with E-state index in [0.29, 0.717) is 6.61 Å². The molecule has 0 aliphatic carbocycles. The fourth-order valence-electron chi connectivity index (χ4n) is 5.23. The summed E-state index contributed by atoms with van der Waals surface area (Å²) in [6.07, 6.45) is 0. The zero-order valence-corrected chi connectivity index (χ0v) is 22.3. The van der Waals surface area contributed by atoms with E-state index >= 15 is 0 Å². The molecule has 0 bridgehead atoms. The number of hydrogen-bond donors (Lipinski definition) is 0. The van der Waals surface area contributed by atoms with Crippen LogP contribution in [0.15, 0.2) is 66.7 Å². The van der Waals surface area contributed by atoms with Gasteiger partial charge in [0.15, 0.2) is 11.5 Å². The van der Waals surface area contributed by atoms with Crippen molar-refractivity contribution in [3.8, 4) is 39.6 Å². The summed E-state index contributed by atoms with van der Waals surface area (Å²) in [6, 6.07) is 22.7. The Hall–Kier alpha value is -3.81. The first-order valence-corrected chi connectivity index (χ1v) is 13.2. The fraction of sp³-hybridized carbons (Fsp3) is 0.323. The lowest BCUT2D eigenvalue weighted by Crippen LogP contribution is -2.44. The molecule has 2 aliphatic rings. The highest BCUT2D eigenvalue weighted by molar-refractivity contribution is 5.72. The van der Waals surface area contributed by atoms with Crippen LogP contribution in [0.1, 0.15) is 17.1 Å². The van der Waals surface area contributed by atoms with Gasteiger partial charge in [0.2, 0.25) is 6.79 Å². The van der Waals surface area contributed by atoms with Gasteiger partial charge in [-0.3, -0.25) is 4.90 Å². The Kier molecular flexibility index (Phi) is 6.79. The van der Waals surface area contributed by atoms with Crippen molar-refractivity contribution < 1.29 is 14.2 Å². The first-order chi connectivity index (χ1) is 18.6. The highest BCUT2D eigenvalue weighted by Gasteiger charge is 2.22. The van der Waals surface area contributed by atoms with Gasteiger partial charge in [-0.2, -0.15) is 0 Å². The van der Waals surface area contributed by atoms with Crippen molar-refractivity contribution >= 4 is 0 Å². The van der Waals surface area contributed by atoms with E-state index in [1.807, 2.05) is 30.3 Å². The number of piperazine rings is 1. The molecule has 2 aliphatic heterocycles. The van der Waals surface area contributed by atoms with Crippen molar-refractivity contribution in [2.45, 2.75) is 20.1 Å². The number of imidazole rings is 1. The molecule has 1 fully saturated rings. The topological polar surface area (TPSA) is 52.0 Å². The Balaban J connectivity index is 1.26. The molecule has 4 aromatic rings. The van der Waals surface area contributed by atoms with Gasteiger partial charge in [-0.15, -0.1) is 0 Å². The van der Waals surface area contributed by atoms with Crippen LogP contribution in [0.5, 0.6) is 17.2 Å². The average Bonchev–Trinajstić information content (AvgIpc) is 3.54. The molecule has 3 heterocycles. The first kappa shape index (κ1) is 24.5. The van der Waals surface area contributed by atoms with Gasteiger partial charge in [-0.1, -0.05) is 48.5 Å². The molecule has 0 saturated carbocycles. The molecule has 1 aromatic heterocycles. The number of ether oxygens (including phenoxy) is 3. The van der Waals surface area contributed by atoms with Crippen molar-refractivity contribution in [1.29, 1.82) is 0 Å². The summed E-state index contributed by atoms with van der Waals surface area (Å²) in [4.78, 5) is 10.0. The smallest absolute Gasteiger partial charge is 0.231 e. The van der Waals surface area contributed by atoms with Gasteiger partial charge >= 0.3 is 0 Å². The third-order valence-electron chi connectivity index (χ3n) is 7.65. The Labute approximate surface area is 224 Å². The van der Waals surface area contributed by atoms with Crippen molar-refractivity contribution in [3.05, 3.63) is 83.8 Å². The lowest BCUT2D eigenvalue weighted by Gasteiger charge is -2.32. The molecule has 7 nitrogen and oxygen atoms in total. The molecule has 0 amide bonds. The maximum atomic E-state index is 6.41. The predicted octanol–water partition coefficient (Wildman–Crippen LogP) is 5.12. The normalized spacial score (nSPS) is 15.7. The molecule has 196 valence electrons. The van der Waals surface area contributed by atoms with E-state index < -0.39 is 0 Å². The summed E-state index contributed by atoms with van der Waals surface area (Å²) in [7, 11) is 4.30. The molecule has 3 aromatic carbocycles. The zero-order valence-electron chi connectivity index (χ0n) is 22.3. The predicted molar refractivity (Wildman–Crippen MR) is 148 cm³/mol. The van der Waals surface area contributed by atoms with Crippen molar-refractivity contribution in [2.75, 3.05) is 40.0 Å². The van der Waals surface area contributed by atoms with Crippen LogP contribution in [-0.4, -0.2) is 59.4 Å². The molecule has 0 atom stereocenters. The minimum atomic E-state index is 0.270. The SMILES string of the molecule is Cc1c(OCc2nc(-c3ccccc3)c(CN3CCN(C)CC3)n2C)cccc1-c1ccc2c(c1)OCO2. The molecule has 7 heteroatoms.